The average Bonchev–Trinajstić information content (AvgIpc) is 3.08. The van der Waals surface area contributed by atoms with Crippen molar-refractivity contribution in [2.75, 3.05) is 5.75 Å². The number of carbonyl (C=O) groups is 1. The quantitative estimate of drug-likeness (QED) is 0.850. The van der Waals surface area contributed by atoms with E-state index < -0.39 is 11.2 Å². The maximum atomic E-state index is 12.1. The first-order valence-electron chi connectivity index (χ1n) is 6.77. The zero-order valence-corrected chi connectivity index (χ0v) is 13.0. The molecular weight excluding hydrogens is 280 g/mol. The van der Waals surface area contributed by atoms with E-state index in [4.69, 9.17) is 0 Å². The summed E-state index contributed by atoms with van der Waals surface area (Å²) in [6.07, 6.45) is 6.48. The van der Waals surface area contributed by atoms with Gasteiger partial charge in [0.05, 0.1) is 6.20 Å². The van der Waals surface area contributed by atoms with E-state index in [1.165, 1.54) is 43.2 Å². The zero-order valence-electron chi connectivity index (χ0n) is 11.3. The number of nitrogens with one attached hydrogen (secondary N) is 1. The lowest BCUT2D eigenvalue weighted by molar-refractivity contribution is 0.0931. The molecule has 0 aromatic carbocycles. The van der Waals surface area contributed by atoms with Crippen LogP contribution >= 0.6 is 11.3 Å². The summed E-state index contributed by atoms with van der Waals surface area (Å²) in [4.78, 5) is 16.7. The van der Waals surface area contributed by atoms with E-state index in [1.54, 1.807) is 0 Å². The summed E-state index contributed by atoms with van der Waals surface area (Å²) in [5.74, 6) is 1.05. The zero-order chi connectivity index (χ0) is 13.8. The van der Waals surface area contributed by atoms with E-state index in [9.17, 15) is 9.35 Å². The van der Waals surface area contributed by atoms with E-state index in [0.717, 1.165) is 0 Å². The van der Waals surface area contributed by atoms with Gasteiger partial charge in [-0.25, -0.2) is 0 Å². The Kier molecular flexibility index (Phi) is 5.24. The number of rotatable bonds is 5. The normalized spacial score (nSPS) is 19.3. The van der Waals surface area contributed by atoms with Crippen LogP contribution in [0.15, 0.2) is 10.5 Å². The fourth-order valence-corrected chi connectivity index (χ4v) is 4.41. The Hall–Kier alpha value is -0.590. The predicted octanol–water partition coefficient (Wildman–Crippen LogP) is 2.58. The van der Waals surface area contributed by atoms with Gasteiger partial charge in [-0.1, -0.05) is 24.2 Å². The second kappa shape index (κ2) is 6.72. The standard InChI is InChI=1S/C13H20N2O2S2/c1-3-19(17)13-14-8-11(18-13)12(16)15-9(2)10-6-4-5-7-10/h8-10H,3-7H2,1-2H3,(H,15,16). The molecule has 0 spiro atoms. The average molecular weight is 300 g/mol. The minimum Gasteiger partial charge on any atom is -0.610 e. The summed E-state index contributed by atoms with van der Waals surface area (Å²) in [5, 5.41) is 3.04. The van der Waals surface area contributed by atoms with Crippen LogP contribution in [-0.4, -0.2) is 27.2 Å². The molecule has 1 saturated carbocycles. The molecule has 0 bridgehead atoms. The van der Waals surface area contributed by atoms with Crippen LogP contribution in [0.1, 0.15) is 49.2 Å². The summed E-state index contributed by atoms with van der Waals surface area (Å²) in [6, 6.07) is 0.206. The second-order valence-electron chi connectivity index (χ2n) is 4.93. The molecule has 0 radical (unpaired) electrons. The SMILES string of the molecule is CC[S+]([O-])c1ncc(C(=O)NC(C)C2CCCC2)s1. The van der Waals surface area contributed by atoms with Crippen LogP contribution < -0.4 is 5.32 Å². The molecule has 1 fully saturated rings. The fraction of sp³-hybridized carbons (Fsp3) is 0.692. The van der Waals surface area contributed by atoms with Crippen molar-refractivity contribution in [3.05, 3.63) is 11.1 Å². The molecule has 2 atom stereocenters. The molecule has 4 nitrogen and oxygen atoms in total. The first kappa shape index (κ1) is 14.8. The van der Waals surface area contributed by atoms with Gasteiger partial charge in [-0.2, -0.15) is 4.98 Å². The summed E-state index contributed by atoms with van der Waals surface area (Å²) in [6.45, 7) is 3.92. The first-order valence-corrected chi connectivity index (χ1v) is 8.90. The van der Waals surface area contributed by atoms with E-state index in [0.29, 0.717) is 20.9 Å². The monoisotopic (exact) mass is 300 g/mol. The van der Waals surface area contributed by atoms with Gasteiger partial charge in [-0.05, 0) is 32.6 Å². The summed E-state index contributed by atoms with van der Waals surface area (Å²) in [7, 11) is 0. The van der Waals surface area contributed by atoms with Gasteiger partial charge in [-0.3, -0.25) is 4.79 Å². The van der Waals surface area contributed by atoms with Gasteiger partial charge >= 0.3 is 4.34 Å². The third kappa shape index (κ3) is 3.70. The van der Waals surface area contributed by atoms with E-state index in [1.807, 2.05) is 6.92 Å². The van der Waals surface area contributed by atoms with Crippen LogP contribution in [0.5, 0.6) is 0 Å². The van der Waals surface area contributed by atoms with Crippen molar-refractivity contribution in [2.45, 2.75) is 49.9 Å². The fourth-order valence-electron chi connectivity index (χ4n) is 2.44. The third-order valence-corrected chi connectivity index (χ3v) is 6.25. The van der Waals surface area contributed by atoms with Crippen molar-refractivity contribution in [1.29, 1.82) is 0 Å². The van der Waals surface area contributed by atoms with Crippen molar-refractivity contribution in [2.24, 2.45) is 5.92 Å². The molecule has 2 rings (SSSR count). The van der Waals surface area contributed by atoms with Crippen molar-refractivity contribution >= 4 is 28.4 Å². The van der Waals surface area contributed by atoms with Gasteiger partial charge in [0.1, 0.15) is 10.6 Å². The Balaban J connectivity index is 1.93. The Morgan fingerprint density at radius 2 is 2.32 bits per heavy atom. The van der Waals surface area contributed by atoms with Crippen molar-refractivity contribution in [3.63, 3.8) is 0 Å². The Labute approximate surface area is 121 Å². The molecule has 1 aromatic heterocycles. The highest BCUT2D eigenvalue weighted by Gasteiger charge is 2.24. The number of thiazole rings is 1. The Bertz CT molecular complexity index is 430. The highest BCUT2D eigenvalue weighted by atomic mass is 32.2. The third-order valence-electron chi connectivity index (χ3n) is 3.63. The molecular formula is C13H20N2O2S2. The first-order chi connectivity index (χ1) is 9.11. The molecule has 19 heavy (non-hydrogen) atoms. The Morgan fingerprint density at radius 3 is 2.95 bits per heavy atom. The van der Waals surface area contributed by atoms with Gasteiger partial charge < -0.3 is 9.87 Å². The number of carbonyl (C=O) groups excluding carboxylic acids is 1. The van der Waals surface area contributed by atoms with Crippen molar-refractivity contribution in [3.8, 4) is 0 Å². The molecule has 1 heterocycles. The largest absolute Gasteiger partial charge is 0.610 e. The smallest absolute Gasteiger partial charge is 0.302 e. The molecule has 1 N–H and O–H groups in total. The Morgan fingerprint density at radius 1 is 1.63 bits per heavy atom. The molecule has 1 aromatic rings. The van der Waals surface area contributed by atoms with Crippen LogP contribution in [-0.2, 0) is 11.2 Å². The van der Waals surface area contributed by atoms with Gasteiger partial charge in [-0.15, -0.1) is 0 Å². The molecule has 1 aliphatic rings. The molecule has 6 heteroatoms. The molecule has 2 unspecified atom stereocenters. The topological polar surface area (TPSA) is 65.0 Å². The van der Waals surface area contributed by atoms with Crippen molar-refractivity contribution < 1.29 is 9.35 Å². The van der Waals surface area contributed by atoms with E-state index in [-0.39, 0.29) is 11.9 Å². The molecule has 106 valence electrons. The van der Waals surface area contributed by atoms with Gasteiger partial charge in [0.15, 0.2) is 0 Å². The number of amides is 1. The van der Waals surface area contributed by atoms with E-state index >= 15 is 0 Å². The van der Waals surface area contributed by atoms with Crippen LogP contribution in [0, 0.1) is 5.92 Å². The van der Waals surface area contributed by atoms with Gasteiger partial charge in [0, 0.05) is 17.2 Å². The number of aromatic nitrogens is 1. The second-order valence-corrected chi connectivity index (χ2v) is 7.88. The molecule has 1 aliphatic carbocycles. The maximum Gasteiger partial charge on any atom is 0.302 e. The van der Waals surface area contributed by atoms with Gasteiger partial charge in [0.2, 0.25) is 0 Å². The highest BCUT2D eigenvalue weighted by Crippen LogP contribution is 2.28. The minimum atomic E-state index is -1.07. The van der Waals surface area contributed by atoms with Crippen LogP contribution in [0.3, 0.4) is 0 Å². The van der Waals surface area contributed by atoms with Crippen molar-refractivity contribution in [1.82, 2.24) is 10.3 Å². The highest BCUT2D eigenvalue weighted by molar-refractivity contribution is 7.93. The summed E-state index contributed by atoms with van der Waals surface area (Å²) >= 11 is 0.162. The maximum absolute atomic E-state index is 12.1. The lowest BCUT2D eigenvalue weighted by Crippen LogP contribution is -2.36. The summed E-state index contributed by atoms with van der Waals surface area (Å²) in [5.41, 5.74) is 0. The van der Waals surface area contributed by atoms with Crippen LogP contribution in [0.25, 0.3) is 0 Å². The van der Waals surface area contributed by atoms with Crippen LogP contribution in [0.2, 0.25) is 0 Å². The van der Waals surface area contributed by atoms with Gasteiger partial charge in [0.25, 0.3) is 5.91 Å². The predicted molar refractivity (Wildman–Crippen MR) is 77.9 cm³/mol. The molecule has 1 amide bonds. The number of hydrogen-bond donors (Lipinski definition) is 1. The molecule has 0 saturated heterocycles. The number of nitrogens with zero attached hydrogens (tertiary/aromatic N) is 1. The van der Waals surface area contributed by atoms with Crippen LogP contribution in [0.4, 0.5) is 0 Å². The molecule has 0 aliphatic heterocycles. The minimum absolute atomic E-state index is 0.0868. The number of hydrogen-bond acceptors (Lipinski definition) is 4. The summed E-state index contributed by atoms with van der Waals surface area (Å²) < 4.78 is 12.2. The lowest BCUT2D eigenvalue weighted by Gasteiger charge is -2.19. The van der Waals surface area contributed by atoms with E-state index in [2.05, 4.69) is 17.2 Å². The lowest BCUT2D eigenvalue weighted by atomic mass is 10.00.